The number of benzene rings is 2. The lowest BCUT2D eigenvalue weighted by Gasteiger charge is -2.12. The number of nitrogen functional groups attached to an aromatic ring is 1. The Morgan fingerprint density at radius 2 is 2.05 bits per heavy atom. The molecule has 0 heterocycles. The summed E-state index contributed by atoms with van der Waals surface area (Å²) in [4.78, 5) is 11.1. The molecule has 0 aliphatic carbocycles. The fraction of sp³-hybridized carbons (Fsp3) is 0.133. The second kappa shape index (κ2) is 6.43. The molecule has 0 aliphatic heterocycles. The van der Waals surface area contributed by atoms with Crippen LogP contribution in [0.5, 0.6) is 5.75 Å². The van der Waals surface area contributed by atoms with Crippen LogP contribution in [0.4, 0.5) is 11.4 Å². The van der Waals surface area contributed by atoms with Crippen molar-refractivity contribution in [2.45, 2.75) is 13.5 Å². The van der Waals surface area contributed by atoms with Crippen molar-refractivity contribution in [1.82, 2.24) is 0 Å². The van der Waals surface area contributed by atoms with Gasteiger partial charge in [0.25, 0.3) is 0 Å². The predicted molar refractivity (Wildman–Crippen MR) is 83.6 cm³/mol. The van der Waals surface area contributed by atoms with E-state index in [0.29, 0.717) is 23.7 Å². The number of para-hydroxylation sites is 2. The lowest BCUT2D eigenvalue weighted by atomic mass is 10.2. The highest BCUT2D eigenvalue weighted by molar-refractivity contribution is 9.10. The van der Waals surface area contributed by atoms with Crippen LogP contribution < -0.4 is 15.8 Å². The molecule has 104 valence electrons. The summed E-state index contributed by atoms with van der Waals surface area (Å²) in [6, 6.07) is 12.9. The quantitative estimate of drug-likeness (QED) is 0.840. The first-order valence-corrected chi connectivity index (χ1v) is 6.88. The smallest absolute Gasteiger partial charge is 0.221 e. The average molecular weight is 335 g/mol. The van der Waals surface area contributed by atoms with Gasteiger partial charge in [-0.3, -0.25) is 4.79 Å². The van der Waals surface area contributed by atoms with Crippen LogP contribution in [0, 0.1) is 0 Å². The monoisotopic (exact) mass is 334 g/mol. The minimum absolute atomic E-state index is 0.132. The number of anilines is 2. The Balaban J connectivity index is 2.12. The summed E-state index contributed by atoms with van der Waals surface area (Å²) in [6.45, 7) is 1.84. The summed E-state index contributed by atoms with van der Waals surface area (Å²) in [5.74, 6) is 0.494. The molecule has 2 aromatic carbocycles. The maximum atomic E-state index is 11.1. The molecule has 0 spiro atoms. The molecule has 0 atom stereocenters. The van der Waals surface area contributed by atoms with Gasteiger partial charge in [0.1, 0.15) is 12.4 Å². The Labute approximate surface area is 126 Å². The first-order chi connectivity index (χ1) is 9.54. The SMILES string of the molecule is CC(=O)Nc1ccccc1OCc1cc(N)cc(Br)c1. The van der Waals surface area contributed by atoms with Gasteiger partial charge in [0, 0.05) is 17.1 Å². The maximum absolute atomic E-state index is 11.1. The zero-order valence-corrected chi connectivity index (χ0v) is 12.6. The highest BCUT2D eigenvalue weighted by Gasteiger charge is 2.05. The van der Waals surface area contributed by atoms with Crippen molar-refractivity contribution in [1.29, 1.82) is 0 Å². The Morgan fingerprint density at radius 1 is 1.30 bits per heavy atom. The molecule has 3 N–H and O–H groups in total. The van der Waals surface area contributed by atoms with Crippen LogP contribution in [-0.4, -0.2) is 5.91 Å². The summed E-state index contributed by atoms with van der Waals surface area (Å²) in [7, 11) is 0. The van der Waals surface area contributed by atoms with E-state index in [1.165, 1.54) is 6.92 Å². The predicted octanol–water partition coefficient (Wildman–Crippen LogP) is 3.57. The zero-order chi connectivity index (χ0) is 14.5. The van der Waals surface area contributed by atoms with Crippen molar-refractivity contribution in [3.05, 3.63) is 52.5 Å². The van der Waals surface area contributed by atoms with Crippen molar-refractivity contribution in [3.8, 4) is 5.75 Å². The zero-order valence-electron chi connectivity index (χ0n) is 11.0. The highest BCUT2D eigenvalue weighted by Crippen LogP contribution is 2.25. The van der Waals surface area contributed by atoms with Crippen LogP contribution in [0.25, 0.3) is 0 Å². The lowest BCUT2D eigenvalue weighted by Crippen LogP contribution is -2.07. The van der Waals surface area contributed by atoms with E-state index in [9.17, 15) is 4.79 Å². The van der Waals surface area contributed by atoms with Crippen LogP contribution in [0.2, 0.25) is 0 Å². The Kier molecular flexibility index (Phi) is 4.63. The molecule has 0 saturated carbocycles. The molecule has 0 fully saturated rings. The van der Waals surface area contributed by atoms with Crippen molar-refractivity contribution in [2.24, 2.45) is 0 Å². The molecule has 0 bridgehead atoms. The van der Waals surface area contributed by atoms with Crippen molar-refractivity contribution in [3.63, 3.8) is 0 Å². The fourth-order valence-corrected chi connectivity index (χ4v) is 2.36. The molecule has 0 aliphatic rings. The van der Waals surface area contributed by atoms with Crippen LogP contribution in [-0.2, 0) is 11.4 Å². The van der Waals surface area contributed by atoms with E-state index in [2.05, 4.69) is 21.2 Å². The van der Waals surface area contributed by atoms with Gasteiger partial charge in [-0.15, -0.1) is 0 Å². The van der Waals surface area contributed by atoms with Gasteiger partial charge in [0.15, 0.2) is 0 Å². The van der Waals surface area contributed by atoms with Gasteiger partial charge >= 0.3 is 0 Å². The summed E-state index contributed by atoms with van der Waals surface area (Å²) in [5, 5.41) is 2.73. The third kappa shape index (κ3) is 3.99. The second-order valence-corrected chi connectivity index (χ2v) is 5.27. The van der Waals surface area contributed by atoms with Crippen LogP contribution in [0.3, 0.4) is 0 Å². The molecule has 2 aromatic rings. The molecular weight excluding hydrogens is 320 g/mol. The van der Waals surface area contributed by atoms with Crippen molar-refractivity contribution in [2.75, 3.05) is 11.1 Å². The molecule has 2 rings (SSSR count). The average Bonchev–Trinajstić information content (AvgIpc) is 2.36. The van der Waals surface area contributed by atoms with Crippen LogP contribution in [0.1, 0.15) is 12.5 Å². The van der Waals surface area contributed by atoms with E-state index >= 15 is 0 Å². The maximum Gasteiger partial charge on any atom is 0.221 e. The first-order valence-electron chi connectivity index (χ1n) is 6.09. The first kappa shape index (κ1) is 14.4. The van der Waals surface area contributed by atoms with E-state index in [0.717, 1.165) is 10.0 Å². The minimum atomic E-state index is -0.132. The van der Waals surface area contributed by atoms with E-state index in [1.54, 1.807) is 6.07 Å². The van der Waals surface area contributed by atoms with E-state index in [1.807, 2.05) is 36.4 Å². The number of hydrogen-bond donors (Lipinski definition) is 2. The normalized spacial score (nSPS) is 10.1. The topological polar surface area (TPSA) is 64.3 Å². The van der Waals surface area contributed by atoms with Gasteiger partial charge in [-0.05, 0) is 35.9 Å². The van der Waals surface area contributed by atoms with Gasteiger partial charge in [0.2, 0.25) is 5.91 Å². The number of carbonyl (C=O) groups is 1. The number of carbonyl (C=O) groups excluding carboxylic acids is 1. The van der Waals surface area contributed by atoms with Crippen molar-refractivity contribution < 1.29 is 9.53 Å². The molecule has 0 aromatic heterocycles. The molecule has 0 unspecified atom stereocenters. The number of amides is 1. The lowest BCUT2D eigenvalue weighted by molar-refractivity contribution is -0.114. The van der Waals surface area contributed by atoms with E-state index in [-0.39, 0.29) is 5.91 Å². The standard InChI is InChI=1S/C15H15BrN2O2/c1-10(19)18-14-4-2-3-5-15(14)20-9-11-6-12(16)8-13(17)7-11/h2-8H,9,17H2,1H3,(H,18,19). The largest absolute Gasteiger partial charge is 0.487 e. The fourth-order valence-electron chi connectivity index (χ4n) is 1.81. The third-order valence-corrected chi connectivity index (χ3v) is 3.03. The number of rotatable bonds is 4. The van der Waals surface area contributed by atoms with Crippen LogP contribution >= 0.6 is 15.9 Å². The molecule has 1 amide bonds. The summed E-state index contributed by atoms with van der Waals surface area (Å²) in [6.07, 6.45) is 0. The van der Waals surface area contributed by atoms with Gasteiger partial charge in [0.05, 0.1) is 5.69 Å². The highest BCUT2D eigenvalue weighted by atomic mass is 79.9. The molecule has 0 saturated heterocycles. The Hall–Kier alpha value is -2.01. The number of hydrogen-bond acceptors (Lipinski definition) is 3. The van der Waals surface area contributed by atoms with Gasteiger partial charge < -0.3 is 15.8 Å². The van der Waals surface area contributed by atoms with Gasteiger partial charge in [-0.2, -0.15) is 0 Å². The van der Waals surface area contributed by atoms with Gasteiger partial charge in [-0.25, -0.2) is 0 Å². The number of nitrogens with two attached hydrogens (primary N) is 1. The second-order valence-electron chi connectivity index (χ2n) is 4.36. The van der Waals surface area contributed by atoms with Crippen LogP contribution in [0.15, 0.2) is 46.9 Å². The third-order valence-electron chi connectivity index (χ3n) is 2.57. The van der Waals surface area contributed by atoms with E-state index < -0.39 is 0 Å². The van der Waals surface area contributed by atoms with E-state index in [4.69, 9.17) is 10.5 Å². The molecule has 5 heteroatoms. The Bertz CT molecular complexity index is 609. The number of nitrogens with one attached hydrogen (secondary N) is 1. The molecule has 0 radical (unpaired) electrons. The summed E-state index contributed by atoms with van der Waals surface area (Å²) < 4.78 is 6.65. The minimum Gasteiger partial charge on any atom is -0.487 e. The molecule has 20 heavy (non-hydrogen) atoms. The Morgan fingerprint density at radius 3 is 2.75 bits per heavy atom. The number of ether oxygens (including phenoxy) is 1. The summed E-state index contributed by atoms with van der Waals surface area (Å²) >= 11 is 3.39. The molecule has 4 nitrogen and oxygen atoms in total. The van der Waals surface area contributed by atoms with Crippen molar-refractivity contribution >= 4 is 33.2 Å². The van der Waals surface area contributed by atoms with Gasteiger partial charge in [-0.1, -0.05) is 28.1 Å². The summed E-state index contributed by atoms with van der Waals surface area (Å²) in [5.41, 5.74) is 8.06. The number of halogens is 1. The molecular formula is C15H15BrN2O2.